The van der Waals surface area contributed by atoms with Crippen molar-refractivity contribution in [2.75, 3.05) is 26.2 Å². The molecule has 4 fully saturated rings. The summed E-state index contributed by atoms with van der Waals surface area (Å²) in [4.78, 5) is 51.5. The van der Waals surface area contributed by atoms with Crippen molar-refractivity contribution >= 4 is 0 Å². The maximum absolute atomic E-state index is 12.5. The Labute approximate surface area is 650 Å². The molecule has 4 saturated heterocycles. The van der Waals surface area contributed by atoms with Crippen LogP contribution in [-0.4, -0.2) is 106 Å². The normalized spacial score (nSPS) is 16.5. The van der Waals surface area contributed by atoms with E-state index in [0.29, 0.717) is 26.2 Å². The van der Waals surface area contributed by atoms with E-state index in [1.54, 1.807) is 9.82 Å². The van der Waals surface area contributed by atoms with Crippen LogP contribution in [0, 0.1) is 52.5 Å². The van der Waals surface area contributed by atoms with E-state index in [1.807, 2.05) is 243 Å². The van der Waals surface area contributed by atoms with Crippen LogP contribution in [0.15, 0.2) is 279 Å². The molecule has 14 rings (SSSR count). The number of aliphatic hydroxyl groups is 4. The molecule has 2 aromatic heterocycles. The van der Waals surface area contributed by atoms with E-state index in [-0.39, 0.29) is 58.4 Å². The summed E-state index contributed by atoms with van der Waals surface area (Å²) >= 11 is 0. The molecule has 4 atom stereocenters. The Bertz CT molecular complexity index is 3640. The van der Waals surface area contributed by atoms with Crippen molar-refractivity contribution in [3.8, 4) is 0 Å². The maximum Gasteiger partial charge on any atom is 0.130 e. The van der Waals surface area contributed by atoms with Crippen molar-refractivity contribution in [3.05, 3.63) is 387 Å². The first-order valence-electron chi connectivity index (χ1n) is 34.9. The number of pyridine rings is 2. The van der Waals surface area contributed by atoms with Gasteiger partial charge in [-0.05, 0) is 167 Å². The molecule has 4 aliphatic rings. The van der Waals surface area contributed by atoms with Gasteiger partial charge in [-0.1, -0.05) is 255 Å². The Kier molecular flexibility index (Phi) is 40.2. The predicted octanol–water partition coefficient (Wildman–Crippen LogP) is 15.2. The molecule has 0 spiro atoms. The quantitative estimate of drug-likeness (QED) is 0.0115. The summed E-state index contributed by atoms with van der Waals surface area (Å²) in [5, 5.41) is 74.2. The van der Waals surface area contributed by atoms with E-state index in [2.05, 4.69) is 56.0 Å². The minimum absolute atomic E-state index is 0. The van der Waals surface area contributed by atoms with E-state index in [4.69, 9.17) is 73.5 Å². The van der Waals surface area contributed by atoms with Gasteiger partial charge >= 0.3 is 0 Å². The fourth-order valence-corrected chi connectivity index (χ4v) is 15.9. The van der Waals surface area contributed by atoms with E-state index >= 15 is 0 Å². The Morgan fingerprint density at radius 3 is 0.591 bits per heavy atom. The van der Waals surface area contributed by atoms with Gasteiger partial charge in [-0.3, -0.25) is 29.6 Å². The van der Waals surface area contributed by atoms with Crippen LogP contribution in [0.3, 0.4) is 0 Å². The van der Waals surface area contributed by atoms with Gasteiger partial charge in [0.05, 0.1) is 22.8 Å². The van der Waals surface area contributed by atoms with Crippen LogP contribution in [0.25, 0.3) is 20.9 Å². The zero-order valence-electron chi connectivity index (χ0n) is 61.1. The van der Waals surface area contributed by atoms with Crippen LogP contribution >= 0.6 is 0 Å². The summed E-state index contributed by atoms with van der Waals surface area (Å²) in [6.45, 7) is 6.32. The molecule has 0 radical (unpaired) electrons. The third kappa shape index (κ3) is 22.0. The smallest absolute Gasteiger partial charge is 0.130 e. The molecule has 14 N–H and O–H groups in total. The van der Waals surface area contributed by atoms with Crippen molar-refractivity contribution in [2.45, 2.75) is 124 Å². The Morgan fingerprint density at radius 2 is 0.455 bits per heavy atom. The molecular weight excluding hydrogens is 1440 g/mol. The Balaban J connectivity index is 0.000000476. The fraction of sp³-hybridized carbons (Fsp3) is 0.293. The van der Waals surface area contributed by atoms with Crippen LogP contribution in [0.1, 0.15) is 119 Å². The average Bonchev–Trinajstić information content (AvgIpc) is 1.38. The maximum atomic E-state index is 12.5. The summed E-state index contributed by atoms with van der Waals surface area (Å²) in [7, 11) is 0. The average molecular weight is 1540 g/mol. The molecule has 10 aromatic rings. The van der Waals surface area contributed by atoms with E-state index in [1.165, 1.54) is 0 Å². The topological polar surface area (TPSA) is 505 Å². The molecule has 27 nitrogen and oxygen atoms in total. The number of benzene rings is 8. The third-order valence-corrected chi connectivity index (χ3v) is 20.3. The number of likely N-dealkylation sites (tertiary alicyclic amines) is 4. The minimum Gasteiger partial charge on any atom is -0.412 e. The third-order valence-electron chi connectivity index (χ3n) is 20.3. The van der Waals surface area contributed by atoms with E-state index in [0.717, 1.165) is 145 Å². The van der Waals surface area contributed by atoms with Crippen molar-refractivity contribution in [3.63, 3.8) is 0 Å². The predicted molar refractivity (Wildman–Crippen MR) is 419 cm³/mol. The van der Waals surface area contributed by atoms with Gasteiger partial charge < -0.3 is 38.2 Å². The molecule has 4 aliphatic heterocycles. The van der Waals surface area contributed by atoms with Crippen molar-refractivity contribution in [1.29, 1.82) is 32.6 Å². The zero-order chi connectivity index (χ0) is 76.2. The summed E-state index contributed by atoms with van der Waals surface area (Å²) in [6, 6.07) is 93.2. The Hall–Kier alpha value is -11.2. The van der Waals surface area contributed by atoms with Gasteiger partial charge in [0.1, 0.15) is 22.4 Å². The molecule has 578 valence electrons. The van der Waals surface area contributed by atoms with Gasteiger partial charge in [-0.25, -0.2) is 0 Å². The summed E-state index contributed by atoms with van der Waals surface area (Å²) in [6.07, 6.45) is 7.75. The molecule has 0 amide bonds. The molecule has 3 unspecified atom stereocenters. The first-order chi connectivity index (χ1) is 52.0. The van der Waals surface area contributed by atoms with Crippen molar-refractivity contribution in [1.82, 2.24) is 41.9 Å². The van der Waals surface area contributed by atoms with Crippen LogP contribution in [0.4, 0.5) is 0 Å². The monoisotopic (exact) mass is 1530 g/mol. The molecule has 28 heteroatoms. The number of nitrogens with zero attached hydrogens (tertiary/aromatic N) is 14. The SMILES string of the molecule is N.N.N#N.N#N.O.O=O.O=O.OC(c1ccccc1)(c1ccccc1)C1CCCN1Cc1cccc(CN2CCCC2C(O)(c2ccccc2)c2ccccc2)n1.OC(c1ccccc1)(c1ccccc1)C1CCCN1Cc1cccc(CN2CCC[C@@H]2C(O)(c2ccccc2)c2ccccc2)n1.[N-]=[N+]=N.[N-]=[N+]=N.[Ni]. The summed E-state index contributed by atoms with van der Waals surface area (Å²) in [5.41, 5.74) is 31.4. The van der Waals surface area contributed by atoms with Crippen molar-refractivity contribution < 1.29 is 42.4 Å². The first kappa shape index (κ1) is 93.0. The number of hydrogen-bond donors (Lipinski definition) is 8. The van der Waals surface area contributed by atoms with Gasteiger partial charge in [-0.15, -0.1) is 11.1 Å². The molecule has 8 aromatic carbocycles. The van der Waals surface area contributed by atoms with Gasteiger partial charge in [0.25, 0.3) is 0 Å². The van der Waals surface area contributed by atoms with Crippen LogP contribution in [-0.2, 0) is 65.1 Å². The minimum atomic E-state index is -1.13. The van der Waals surface area contributed by atoms with Crippen LogP contribution in [0.5, 0.6) is 0 Å². The number of hydrogen-bond acceptors (Lipinski definition) is 22. The molecule has 0 saturated carbocycles. The van der Waals surface area contributed by atoms with Gasteiger partial charge in [0.15, 0.2) is 0 Å². The standard InChI is InChI=1S/2C41H43N3O2.2HN3.2N2.2H3N.Ni.2O2.H2O/c2*45-40(32-16-5-1-6-17-32,33-18-7-2-8-19-33)38-26-14-28-43(38)30-36-24-13-25-37(42-36)31-44-29-15-27-39(44)41(46,34-20-9-3-10-21-34)35-22-11-4-12-23-35;2*1-3-2;2*1-2;;;;2*1-2;/h2*1-13,16-25,38-39,45-46H,14-15,26-31H2;2*1H;;;2*1H3;;;;1H2/t38-,39?;;;;;;;;;;;/m1.........../s1. The first-order valence-corrected chi connectivity index (χ1v) is 34.9. The Morgan fingerprint density at radius 1 is 0.318 bits per heavy atom. The molecule has 6 heterocycles. The van der Waals surface area contributed by atoms with Crippen molar-refractivity contribution in [2.24, 2.45) is 0 Å². The second kappa shape index (κ2) is 47.5. The number of rotatable bonds is 20. The zero-order valence-corrected chi connectivity index (χ0v) is 62.1. The fourth-order valence-electron chi connectivity index (χ4n) is 15.9. The number of aromatic nitrogens is 2. The van der Waals surface area contributed by atoms with Gasteiger partial charge in [0, 0.05) is 108 Å². The molecule has 0 bridgehead atoms. The molecule has 0 aliphatic carbocycles. The summed E-state index contributed by atoms with van der Waals surface area (Å²) in [5.74, 6) is 0. The second-order valence-corrected chi connectivity index (χ2v) is 25.9. The van der Waals surface area contributed by atoms with Crippen LogP contribution in [0.2, 0.25) is 0 Å². The van der Waals surface area contributed by atoms with Crippen LogP contribution < -0.4 is 12.3 Å². The van der Waals surface area contributed by atoms with E-state index in [9.17, 15) is 20.4 Å². The van der Waals surface area contributed by atoms with Gasteiger partial charge in [0.2, 0.25) is 0 Å². The molecular formula is C82H96N18NiO9. The van der Waals surface area contributed by atoms with E-state index < -0.39 is 22.4 Å². The summed E-state index contributed by atoms with van der Waals surface area (Å²) < 4.78 is 0. The second-order valence-electron chi connectivity index (χ2n) is 25.9. The molecule has 110 heavy (non-hydrogen) atoms. The van der Waals surface area contributed by atoms with Gasteiger partial charge in [-0.2, -0.15) is 0 Å². The number of nitrogens with one attached hydrogen (secondary N) is 2. The largest absolute Gasteiger partial charge is 0.412 e.